The highest BCUT2D eigenvalue weighted by atomic mass is 16.6. The van der Waals surface area contributed by atoms with Gasteiger partial charge >= 0.3 is 0 Å². The van der Waals surface area contributed by atoms with E-state index < -0.39 is 4.92 Å². The number of nitrogens with zero attached hydrogens (tertiary/aromatic N) is 2. The highest BCUT2D eigenvalue weighted by molar-refractivity contribution is 6.25. The van der Waals surface area contributed by atoms with Crippen LogP contribution in [0.1, 0.15) is 19.3 Å². The third-order valence-electron chi connectivity index (χ3n) is 7.46. The van der Waals surface area contributed by atoms with Crippen molar-refractivity contribution in [2.45, 2.75) is 19.3 Å². The highest BCUT2D eigenvalue weighted by Gasteiger charge is 2.68. The van der Waals surface area contributed by atoms with Crippen LogP contribution in [0.5, 0.6) is 0 Å². The van der Waals surface area contributed by atoms with Crippen LogP contribution in [0.4, 0.5) is 11.4 Å². The topological polar surface area (TPSA) is 80.5 Å². The SMILES string of the molecule is O=C1C2[C@H]3CC[C@H]([C@@H]4C[C@@H]43)[C@H]2C(=O)N1c1ccc([N+](=O)[O-])c2ccccc12. The lowest BCUT2D eigenvalue weighted by molar-refractivity contribution is -0.383. The molecule has 1 saturated heterocycles. The van der Waals surface area contributed by atoms with E-state index in [9.17, 15) is 19.7 Å². The van der Waals surface area contributed by atoms with Gasteiger partial charge < -0.3 is 0 Å². The minimum absolute atomic E-state index is 0.00725. The van der Waals surface area contributed by atoms with Crippen molar-refractivity contribution < 1.29 is 14.5 Å². The minimum atomic E-state index is -0.423. The predicted molar refractivity (Wildman–Crippen MR) is 97.9 cm³/mol. The van der Waals surface area contributed by atoms with Crippen LogP contribution < -0.4 is 4.90 Å². The van der Waals surface area contributed by atoms with E-state index >= 15 is 0 Å². The number of hydrogen-bond acceptors (Lipinski definition) is 4. The van der Waals surface area contributed by atoms with E-state index in [1.807, 2.05) is 0 Å². The van der Waals surface area contributed by atoms with E-state index in [1.54, 1.807) is 30.3 Å². The number of nitro benzene ring substituents is 1. The molecule has 6 nitrogen and oxygen atoms in total. The van der Waals surface area contributed by atoms with Crippen LogP contribution in [0.15, 0.2) is 36.4 Å². The Labute approximate surface area is 155 Å². The molecular weight excluding hydrogens is 344 g/mol. The second-order valence-electron chi connectivity index (χ2n) is 8.44. The van der Waals surface area contributed by atoms with Gasteiger partial charge in [-0.1, -0.05) is 18.2 Å². The van der Waals surface area contributed by atoms with Gasteiger partial charge in [0.05, 0.1) is 27.8 Å². The van der Waals surface area contributed by atoms with Crippen molar-refractivity contribution in [1.82, 2.24) is 0 Å². The average molecular weight is 362 g/mol. The Balaban J connectivity index is 1.51. The smallest absolute Gasteiger partial charge is 0.274 e. The van der Waals surface area contributed by atoms with Crippen molar-refractivity contribution in [2.24, 2.45) is 35.5 Å². The number of carbonyl (C=O) groups is 2. The third-order valence-corrected chi connectivity index (χ3v) is 7.46. The first-order valence-electron chi connectivity index (χ1n) is 9.62. The molecule has 5 aliphatic rings. The molecule has 7 rings (SSSR count). The van der Waals surface area contributed by atoms with Crippen LogP contribution in [-0.2, 0) is 9.59 Å². The number of rotatable bonds is 2. The van der Waals surface area contributed by atoms with Crippen LogP contribution in [0.3, 0.4) is 0 Å². The molecule has 0 radical (unpaired) electrons. The maximum absolute atomic E-state index is 13.3. The first-order chi connectivity index (χ1) is 13.1. The monoisotopic (exact) mass is 362 g/mol. The molecule has 5 fully saturated rings. The van der Waals surface area contributed by atoms with Crippen LogP contribution in [0, 0.1) is 45.6 Å². The molecule has 2 aromatic carbocycles. The summed E-state index contributed by atoms with van der Waals surface area (Å²) in [6, 6.07) is 9.93. The molecule has 4 saturated carbocycles. The first-order valence-corrected chi connectivity index (χ1v) is 9.62. The van der Waals surface area contributed by atoms with Crippen molar-refractivity contribution in [3.8, 4) is 0 Å². The van der Waals surface area contributed by atoms with E-state index in [0.29, 0.717) is 40.1 Å². The summed E-state index contributed by atoms with van der Waals surface area (Å²) < 4.78 is 0. The van der Waals surface area contributed by atoms with Crippen LogP contribution in [-0.4, -0.2) is 16.7 Å². The first kappa shape index (κ1) is 15.3. The summed E-state index contributed by atoms with van der Waals surface area (Å²) in [5, 5.41) is 12.4. The predicted octanol–water partition coefficient (Wildman–Crippen LogP) is 3.53. The van der Waals surface area contributed by atoms with Crippen molar-refractivity contribution >= 4 is 34.0 Å². The van der Waals surface area contributed by atoms with Crippen molar-refractivity contribution in [1.29, 1.82) is 0 Å². The Morgan fingerprint density at radius 1 is 0.852 bits per heavy atom. The summed E-state index contributed by atoms with van der Waals surface area (Å²) in [6.07, 6.45) is 3.30. The Hall–Kier alpha value is -2.76. The van der Waals surface area contributed by atoms with Gasteiger partial charge in [-0.15, -0.1) is 0 Å². The second-order valence-corrected chi connectivity index (χ2v) is 8.44. The molecule has 1 aliphatic heterocycles. The lowest BCUT2D eigenvalue weighted by atomic mass is 9.59. The Kier molecular flexibility index (Phi) is 2.80. The molecule has 4 aliphatic carbocycles. The number of carbonyl (C=O) groups excluding carboxylic acids is 2. The highest BCUT2D eigenvalue weighted by Crippen LogP contribution is 2.68. The minimum Gasteiger partial charge on any atom is -0.274 e. The maximum Gasteiger partial charge on any atom is 0.277 e. The fourth-order valence-corrected chi connectivity index (χ4v) is 6.40. The Bertz CT molecular complexity index is 1010. The summed E-state index contributed by atoms with van der Waals surface area (Å²) in [5.74, 6) is 1.40. The van der Waals surface area contributed by atoms with Gasteiger partial charge in [0.2, 0.25) is 11.8 Å². The maximum atomic E-state index is 13.3. The van der Waals surface area contributed by atoms with Crippen LogP contribution in [0.2, 0.25) is 0 Å². The van der Waals surface area contributed by atoms with Crippen LogP contribution in [0.25, 0.3) is 10.8 Å². The summed E-state index contributed by atoms with van der Waals surface area (Å²) >= 11 is 0. The molecular formula is C21H18N2O4. The standard InChI is InChI=1S/C21H18N2O4/c24-20-18-12-5-6-13(15-9-14(12)15)19(18)21(25)22(20)16-7-8-17(23(26)27)11-4-2-1-3-10(11)16/h1-4,7-8,12-15,18-19H,5-6,9H2/t12-,13+,14+,15-,18-,19?/m1/s1. The number of amides is 2. The van der Waals surface area contributed by atoms with E-state index in [-0.39, 0.29) is 29.3 Å². The van der Waals surface area contributed by atoms with Crippen LogP contribution >= 0.6 is 0 Å². The van der Waals surface area contributed by atoms with Gasteiger partial charge in [-0.3, -0.25) is 19.7 Å². The molecule has 1 heterocycles. The lowest BCUT2D eigenvalue weighted by Crippen LogP contribution is -2.43. The third kappa shape index (κ3) is 1.80. The molecule has 0 spiro atoms. The molecule has 136 valence electrons. The fourth-order valence-electron chi connectivity index (χ4n) is 6.40. The van der Waals surface area contributed by atoms with E-state index in [2.05, 4.69) is 0 Å². The van der Waals surface area contributed by atoms with Crippen molar-refractivity contribution in [2.75, 3.05) is 4.90 Å². The van der Waals surface area contributed by atoms with E-state index in [4.69, 9.17) is 0 Å². The van der Waals surface area contributed by atoms with Gasteiger partial charge in [-0.25, -0.2) is 4.90 Å². The summed E-state index contributed by atoms with van der Waals surface area (Å²) in [4.78, 5) is 39.0. The van der Waals surface area contributed by atoms with Gasteiger partial charge in [0.15, 0.2) is 0 Å². The fraction of sp³-hybridized carbons (Fsp3) is 0.429. The lowest BCUT2D eigenvalue weighted by Gasteiger charge is -2.42. The number of nitro groups is 1. The second kappa shape index (κ2) is 4.94. The van der Waals surface area contributed by atoms with Crippen molar-refractivity contribution in [3.05, 3.63) is 46.5 Å². The summed E-state index contributed by atoms with van der Waals surface area (Å²) in [7, 11) is 0. The molecule has 2 bridgehead atoms. The number of fused-ring (bicyclic) bond motifs is 2. The number of hydrogen-bond donors (Lipinski definition) is 0. The largest absolute Gasteiger partial charge is 0.277 e. The molecule has 2 amide bonds. The van der Waals surface area contributed by atoms with E-state index in [0.717, 1.165) is 12.8 Å². The van der Waals surface area contributed by atoms with Gasteiger partial charge in [-0.05, 0) is 55.1 Å². The molecule has 6 atom stereocenters. The number of imide groups is 1. The molecule has 0 aromatic heterocycles. The zero-order chi connectivity index (χ0) is 18.4. The number of benzene rings is 2. The molecule has 2 aromatic rings. The number of anilines is 1. The molecule has 0 N–H and O–H groups in total. The normalized spacial score (nSPS) is 36.1. The van der Waals surface area contributed by atoms with Gasteiger partial charge in [0, 0.05) is 11.5 Å². The van der Waals surface area contributed by atoms with Gasteiger partial charge in [0.1, 0.15) is 0 Å². The number of non-ortho nitro benzene ring substituents is 1. The van der Waals surface area contributed by atoms with Crippen molar-refractivity contribution in [3.63, 3.8) is 0 Å². The Morgan fingerprint density at radius 3 is 2.04 bits per heavy atom. The summed E-state index contributed by atoms with van der Waals surface area (Å²) in [6.45, 7) is 0. The van der Waals surface area contributed by atoms with Gasteiger partial charge in [0.25, 0.3) is 5.69 Å². The van der Waals surface area contributed by atoms with Gasteiger partial charge in [-0.2, -0.15) is 0 Å². The quantitative estimate of drug-likeness (QED) is 0.465. The van der Waals surface area contributed by atoms with E-state index in [1.165, 1.54) is 17.4 Å². The zero-order valence-electron chi connectivity index (χ0n) is 14.6. The average Bonchev–Trinajstić information content (AvgIpc) is 3.45. The molecule has 1 unspecified atom stereocenters. The zero-order valence-corrected chi connectivity index (χ0v) is 14.6. The summed E-state index contributed by atoms with van der Waals surface area (Å²) in [5.41, 5.74) is 0.487. The molecule has 27 heavy (non-hydrogen) atoms. The molecule has 6 heteroatoms. The Morgan fingerprint density at radius 2 is 1.44 bits per heavy atom.